The summed E-state index contributed by atoms with van der Waals surface area (Å²) in [6, 6.07) is 28.7. The molecule has 7 aromatic rings. The van der Waals surface area contributed by atoms with E-state index in [-0.39, 0.29) is 76.9 Å². The van der Waals surface area contributed by atoms with Gasteiger partial charge in [0.1, 0.15) is 52.4 Å². The number of hydrogen-bond acceptors (Lipinski definition) is 15. The van der Waals surface area contributed by atoms with Crippen molar-refractivity contribution in [2.75, 3.05) is 80.3 Å². The summed E-state index contributed by atoms with van der Waals surface area (Å²) in [6.45, 7) is 11.3. The summed E-state index contributed by atoms with van der Waals surface area (Å²) in [7, 11) is 2.76. The highest BCUT2D eigenvalue weighted by Crippen LogP contribution is 2.48. The zero-order valence-corrected chi connectivity index (χ0v) is 60.2. The number of methoxy groups -OCH3 is 2. The molecular formula is C86H92F4O15. The maximum Gasteiger partial charge on any atom is 0.306 e. The molecule has 7 aromatic carbocycles. The monoisotopic (exact) mass is 1440 g/mol. The average Bonchev–Trinajstić information content (AvgIpc) is 1.70. The third-order valence-corrected chi connectivity index (χ3v) is 22.4. The molecule has 6 aliphatic heterocycles. The number of aliphatic hydroxyl groups excluding tert-OH is 1. The summed E-state index contributed by atoms with van der Waals surface area (Å²) < 4.78 is 105. The quantitative estimate of drug-likeness (QED) is 0.0917. The molecule has 0 radical (unpaired) electrons. The van der Waals surface area contributed by atoms with Crippen LogP contribution in [-0.4, -0.2) is 114 Å². The summed E-state index contributed by atoms with van der Waals surface area (Å²) in [5.74, 6) is 1.84. The van der Waals surface area contributed by atoms with Crippen LogP contribution in [0.1, 0.15) is 224 Å². The van der Waals surface area contributed by atoms with Gasteiger partial charge in [0.25, 0.3) is 0 Å². The van der Waals surface area contributed by atoms with Crippen LogP contribution in [0.2, 0.25) is 0 Å². The number of fused-ring (bicyclic) bond motifs is 6. The van der Waals surface area contributed by atoms with Crippen molar-refractivity contribution in [3.63, 3.8) is 0 Å². The number of Topliss-reactive ketones (excluding diaryl/α,β-unsaturated/α-hetero) is 2. The van der Waals surface area contributed by atoms with Crippen molar-refractivity contribution in [2.45, 2.75) is 165 Å². The number of ether oxygens (including phenoxy) is 9. The molecule has 2 N–H and O–H groups in total. The van der Waals surface area contributed by atoms with E-state index in [1.54, 1.807) is 30.3 Å². The molecule has 0 bridgehead atoms. The van der Waals surface area contributed by atoms with E-state index in [1.807, 2.05) is 42.5 Å². The molecule has 0 spiro atoms. The van der Waals surface area contributed by atoms with Gasteiger partial charge in [0.2, 0.25) is 0 Å². The Morgan fingerprint density at radius 2 is 0.981 bits per heavy atom. The number of rotatable bonds is 11. The van der Waals surface area contributed by atoms with Gasteiger partial charge in [-0.25, -0.2) is 17.6 Å². The molecule has 4 aliphatic carbocycles. The van der Waals surface area contributed by atoms with Crippen LogP contribution in [0.3, 0.4) is 0 Å². The van der Waals surface area contributed by atoms with E-state index in [4.69, 9.17) is 37.9 Å². The molecule has 10 aliphatic rings. The highest BCUT2D eigenvalue weighted by Gasteiger charge is 2.36. The normalized spacial score (nSPS) is 20.6. The minimum Gasteiger partial charge on any atom is -0.508 e. The third kappa shape index (κ3) is 16.6. The highest BCUT2D eigenvalue weighted by atomic mass is 19.1. The van der Waals surface area contributed by atoms with Gasteiger partial charge in [-0.3, -0.25) is 19.2 Å². The Balaban J connectivity index is 0.000000125. The molecule has 0 saturated carbocycles. The van der Waals surface area contributed by atoms with Crippen LogP contribution in [0.5, 0.6) is 23.0 Å². The van der Waals surface area contributed by atoms with Gasteiger partial charge in [-0.05, 0) is 224 Å². The van der Waals surface area contributed by atoms with Crippen molar-refractivity contribution in [2.24, 2.45) is 0 Å². The average molecular weight is 1440 g/mol. The van der Waals surface area contributed by atoms with Gasteiger partial charge in [0.05, 0.1) is 70.7 Å². The molecule has 3 fully saturated rings. The highest BCUT2D eigenvalue weighted by molar-refractivity contribution is 6.02. The van der Waals surface area contributed by atoms with Crippen molar-refractivity contribution in [3.05, 3.63) is 215 Å². The predicted molar refractivity (Wildman–Crippen MR) is 387 cm³/mol. The fraction of sp³-hybridized carbons (Fsp3) is 0.442. The van der Waals surface area contributed by atoms with Crippen LogP contribution >= 0.6 is 0 Å². The first-order chi connectivity index (χ1) is 50.9. The SMILES string of the molecule is COC(=O)C[C@@H]1COc2cc(O)ccc21.COC(=O)C[C@@H]1COc2cc(O[C@@H]3CCc4c(-c5c(C)cc(C6CCOCC6)cc5C)ccc(F)c43)ccc21.O=C1CCc2c(C3=CCOCC3)ccc(F)c21.O=C1CCc2c(C3CCOCC3)ccc(F)c21.O[C@H]1CCc2c(C3CCOCC3)ccc(F)c21. The zero-order chi connectivity index (χ0) is 73.4. The first-order valence-corrected chi connectivity index (χ1v) is 37.1. The van der Waals surface area contributed by atoms with Gasteiger partial charge < -0.3 is 52.8 Å². The van der Waals surface area contributed by atoms with Crippen LogP contribution in [-0.2, 0) is 63.7 Å². The van der Waals surface area contributed by atoms with Crippen LogP contribution in [0, 0.1) is 37.1 Å². The number of hydrogen-bond donors (Lipinski definition) is 2. The van der Waals surface area contributed by atoms with Crippen LogP contribution in [0.4, 0.5) is 17.6 Å². The molecule has 3 saturated heterocycles. The Bertz CT molecular complexity index is 4390. The van der Waals surface area contributed by atoms with Crippen molar-refractivity contribution in [1.29, 1.82) is 0 Å². The molecule has 0 aromatic heterocycles. The second kappa shape index (κ2) is 33.8. The lowest BCUT2D eigenvalue weighted by atomic mass is 9.84. The van der Waals surface area contributed by atoms with Crippen molar-refractivity contribution in [1.82, 2.24) is 0 Å². The van der Waals surface area contributed by atoms with Crippen LogP contribution in [0.15, 0.2) is 103 Å². The zero-order valence-electron chi connectivity index (χ0n) is 60.2. The van der Waals surface area contributed by atoms with Crippen LogP contribution in [0.25, 0.3) is 16.7 Å². The van der Waals surface area contributed by atoms with Gasteiger partial charge in [0, 0.05) is 98.7 Å². The minimum atomic E-state index is -0.607. The molecule has 0 amide bonds. The summed E-state index contributed by atoms with van der Waals surface area (Å²) in [6.07, 6.45) is 13.8. The molecule has 0 unspecified atom stereocenters. The lowest BCUT2D eigenvalue weighted by Crippen LogP contribution is -2.15. The number of aromatic hydroxyl groups is 1. The number of halogens is 4. The van der Waals surface area contributed by atoms with Gasteiger partial charge in [-0.2, -0.15) is 0 Å². The molecule has 4 atom stereocenters. The summed E-state index contributed by atoms with van der Waals surface area (Å²) in [5, 5.41) is 19.1. The van der Waals surface area contributed by atoms with Gasteiger partial charge in [0.15, 0.2) is 11.6 Å². The Morgan fingerprint density at radius 1 is 0.476 bits per heavy atom. The first-order valence-electron chi connectivity index (χ1n) is 37.1. The smallest absolute Gasteiger partial charge is 0.306 e. The molecule has 15 nitrogen and oxygen atoms in total. The standard InChI is InChI=1S/C33H35FO5.C14H17FO2.C14H15FO2.C14H13FO2.C11H12O4/c1-19-14-22(21-10-12-37-13-11-21)15-20(2)32(19)26-6-8-28(34)33-27(26)7-9-29(33)39-24-4-5-25-23(16-31(35)36-3)18-38-30(25)17-24;3*15-12-3-1-10(9-5-7-17-8-6-9)11-2-4-13(16)14(11)12;1-14-11(13)4-7-6-15-10-5-8(12)2-3-9(7)10/h4-6,8,14-15,17,21,23,29H,7,9-13,16,18H2,1-3H3;1,3,9,13,16H,2,4-8H2;1,3,9H,2,4-8H2;1,3,5H,2,4,6-8H2;2-3,5,7,12H,4,6H2,1H3/t23-,29-;13-;;;7-/m10..1/s1. The van der Waals surface area contributed by atoms with E-state index < -0.39 is 6.10 Å². The Morgan fingerprint density at radius 3 is 1.58 bits per heavy atom. The van der Waals surface area contributed by atoms with E-state index in [1.165, 1.54) is 71.4 Å². The number of carbonyl (C=O) groups is 4. The molecule has 17 rings (SSSR count). The van der Waals surface area contributed by atoms with Crippen LogP contribution < -0.4 is 14.2 Å². The summed E-state index contributed by atoms with van der Waals surface area (Å²) in [5.41, 5.74) is 18.5. The number of esters is 2. The van der Waals surface area contributed by atoms with Crippen molar-refractivity contribution in [3.8, 4) is 34.1 Å². The molecule has 105 heavy (non-hydrogen) atoms. The molecular weight excluding hydrogens is 1350 g/mol. The number of phenols is 1. The largest absolute Gasteiger partial charge is 0.508 e. The second-order valence-corrected chi connectivity index (χ2v) is 28.7. The second-order valence-electron chi connectivity index (χ2n) is 28.7. The summed E-state index contributed by atoms with van der Waals surface area (Å²) in [4.78, 5) is 46.2. The number of ketones is 2. The Hall–Kier alpha value is -8.72. The molecule has 19 heteroatoms. The van der Waals surface area contributed by atoms with E-state index in [0.717, 1.165) is 142 Å². The lowest BCUT2D eigenvalue weighted by Gasteiger charge is -2.25. The Labute approximate surface area is 610 Å². The minimum absolute atomic E-state index is 0.0296. The van der Waals surface area contributed by atoms with E-state index in [9.17, 15) is 42.6 Å². The summed E-state index contributed by atoms with van der Waals surface area (Å²) >= 11 is 0. The number of benzene rings is 7. The van der Waals surface area contributed by atoms with E-state index >= 15 is 4.39 Å². The predicted octanol–water partition coefficient (Wildman–Crippen LogP) is 16.8. The van der Waals surface area contributed by atoms with Gasteiger partial charge >= 0.3 is 11.9 Å². The maximum absolute atomic E-state index is 15.3. The third-order valence-electron chi connectivity index (χ3n) is 22.4. The first kappa shape index (κ1) is 74.5. The van der Waals surface area contributed by atoms with Gasteiger partial charge in [-0.15, -0.1) is 0 Å². The van der Waals surface area contributed by atoms with Crippen molar-refractivity contribution < 1.29 is 89.6 Å². The maximum atomic E-state index is 15.3. The Kier molecular flexibility index (Phi) is 24.0. The molecule has 6 heterocycles. The molecule has 554 valence electrons. The number of aryl methyl sites for hydroxylation is 2. The number of phenolic OH excluding ortho intramolecular Hbond substituents is 1. The van der Waals surface area contributed by atoms with Crippen molar-refractivity contribution >= 4 is 29.1 Å². The lowest BCUT2D eigenvalue weighted by molar-refractivity contribution is -0.142. The number of carbonyl (C=O) groups excluding carboxylic acids is 4. The van der Waals surface area contributed by atoms with E-state index in [2.05, 4.69) is 30.7 Å². The van der Waals surface area contributed by atoms with E-state index in [0.29, 0.717) is 129 Å². The van der Waals surface area contributed by atoms with Gasteiger partial charge in [-0.1, -0.05) is 54.6 Å². The fourth-order valence-corrected chi connectivity index (χ4v) is 17.1. The number of aliphatic hydroxyl groups is 1. The fourth-order valence-electron chi connectivity index (χ4n) is 17.1. The topological polar surface area (TPSA) is 192 Å².